The van der Waals surface area contributed by atoms with Crippen LogP contribution in [0.2, 0.25) is 0 Å². The summed E-state index contributed by atoms with van der Waals surface area (Å²) >= 11 is 0. The molecule has 9 rings (SSSR count). The highest BCUT2D eigenvalue weighted by atomic mass is 15.0. The first-order valence-electron chi connectivity index (χ1n) is 16.3. The van der Waals surface area contributed by atoms with Crippen LogP contribution in [0.25, 0.3) is 77.2 Å². The van der Waals surface area contributed by atoms with Crippen LogP contribution < -0.4 is 0 Å². The van der Waals surface area contributed by atoms with Gasteiger partial charge >= 0.3 is 0 Å². The largest absolute Gasteiger partial charge is 0.308 e. The third-order valence-corrected chi connectivity index (χ3v) is 9.67. The Labute approximate surface area is 283 Å². The molecule has 0 aliphatic rings. The molecule has 2 aromatic heterocycles. The van der Waals surface area contributed by atoms with Gasteiger partial charge in [-0.15, -0.1) is 0 Å². The van der Waals surface area contributed by atoms with Gasteiger partial charge in [0.05, 0.1) is 44.6 Å². The van der Waals surface area contributed by atoms with Crippen molar-refractivity contribution in [1.29, 1.82) is 10.5 Å². The smallest absolute Gasteiger partial charge is 0.102 e. The summed E-state index contributed by atoms with van der Waals surface area (Å²) in [6.07, 6.45) is 0. The highest BCUT2D eigenvalue weighted by molar-refractivity contribution is 6.11. The SMILES string of the molecule is Cc1ccc(-c2cccc(-c3c(C#N)c(-n4c5ccccc5c5ccccc54)cc(C#N)c3-n3c4ccccc4c4ccccc43)c2)cc1. The number of aromatic nitrogens is 2. The minimum absolute atomic E-state index is 0.484. The van der Waals surface area contributed by atoms with Crippen molar-refractivity contribution in [2.75, 3.05) is 0 Å². The lowest BCUT2D eigenvalue weighted by atomic mass is 9.91. The Hall–Kier alpha value is -6.88. The van der Waals surface area contributed by atoms with Crippen LogP contribution in [0.15, 0.2) is 152 Å². The summed E-state index contributed by atoms with van der Waals surface area (Å²) in [5, 5.41) is 26.7. The molecule has 0 atom stereocenters. The standard InChI is InChI=1S/C45H28N4/c1-29-21-23-30(24-22-29)31-11-10-12-32(25-31)44-38(28-47)43(48-39-17-6-2-13-34(39)35-14-3-7-18-40(35)48)26-33(27-46)45(44)49-41-19-8-4-15-36(41)37-16-5-9-20-42(37)49/h2-26H,1H3. The van der Waals surface area contributed by atoms with E-state index < -0.39 is 0 Å². The lowest BCUT2D eigenvalue weighted by Gasteiger charge is -2.21. The third kappa shape index (κ3) is 4.29. The number of rotatable bonds is 4. The Morgan fingerprint density at radius 2 is 0.939 bits per heavy atom. The monoisotopic (exact) mass is 624 g/mol. The van der Waals surface area contributed by atoms with Crippen LogP contribution in [0.4, 0.5) is 0 Å². The molecule has 4 nitrogen and oxygen atoms in total. The summed E-state index contributed by atoms with van der Waals surface area (Å²) < 4.78 is 4.32. The van der Waals surface area contributed by atoms with Gasteiger partial charge in [0.1, 0.15) is 12.1 Å². The molecule has 0 aliphatic heterocycles. The van der Waals surface area contributed by atoms with E-state index in [9.17, 15) is 10.5 Å². The number of aryl methyl sites for hydroxylation is 1. The van der Waals surface area contributed by atoms with Crippen molar-refractivity contribution in [2.45, 2.75) is 6.92 Å². The number of hydrogen-bond donors (Lipinski definition) is 0. The molecule has 228 valence electrons. The van der Waals surface area contributed by atoms with Crippen molar-refractivity contribution in [3.05, 3.63) is 168 Å². The van der Waals surface area contributed by atoms with E-state index in [0.29, 0.717) is 22.5 Å². The molecule has 7 aromatic carbocycles. The highest BCUT2D eigenvalue weighted by Crippen LogP contribution is 2.44. The zero-order valence-electron chi connectivity index (χ0n) is 26.7. The summed E-state index contributed by atoms with van der Waals surface area (Å²) in [7, 11) is 0. The maximum Gasteiger partial charge on any atom is 0.102 e. The van der Waals surface area contributed by atoms with Crippen molar-refractivity contribution < 1.29 is 0 Å². The molecule has 0 amide bonds. The number of benzene rings is 7. The Bertz CT molecular complexity index is 2750. The second kappa shape index (κ2) is 11.1. The zero-order valence-corrected chi connectivity index (χ0v) is 26.7. The predicted molar refractivity (Wildman–Crippen MR) is 200 cm³/mol. The van der Waals surface area contributed by atoms with Crippen molar-refractivity contribution >= 4 is 43.6 Å². The predicted octanol–water partition coefficient (Wildman–Crippen LogP) is 11.3. The third-order valence-electron chi connectivity index (χ3n) is 9.67. The van der Waals surface area contributed by atoms with Crippen LogP contribution in [0.5, 0.6) is 0 Å². The van der Waals surface area contributed by atoms with Crippen molar-refractivity contribution in [3.63, 3.8) is 0 Å². The molecule has 0 aliphatic carbocycles. The first-order valence-corrected chi connectivity index (χ1v) is 16.3. The summed E-state index contributed by atoms with van der Waals surface area (Å²) in [6, 6.07) is 57.1. The van der Waals surface area contributed by atoms with Gasteiger partial charge in [0.15, 0.2) is 0 Å². The first-order chi connectivity index (χ1) is 24.2. The van der Waals surface area contributed by atoms with Crippen molar-refractivity contribution in [1.82, 2.24) is 9.13 Å². The molecule has 0 saturated carbocycles. The molecular formula is C45H28N4. The van der Waals surface area contributed by atoms with E-state index in [0.717, 1.165) is 65.9 Å². The molecule has 0 radical (unpaired) electrons. The molecule has 9 aromatic rings. The van der Waals surface area contributed by atoms with E-state index in [1.165, 1.54) is 5.56 Å². The molecule has 0 saturated heterocycles. The Kier molecular flexibility index (Phi) is 6.44. The maximum atomic E-state index is 11.3. The van der Waals surface area contributed by atoms with E-state index in [1.807, 2.05) is 60.7 Å². The molecule has 4 heteroatoms. The normalized spacial score (nSPS) is 11.3. The second-order valence-corrected chi connectivity index (χ2v) is 12.5. The van der Waals surface area contributed by atoms with Crippen LogP contribution in [0.1, 0.15) is 16.7 Å². The molecular weight excluding hydrogens is 597 g/mol. The van der Waals surface area contributed by atoms with Crippen molar-refractivity contribution in [2.24, 2.45) is 0 Å². The van der Waals surface area contributed by atoms with Crippen LogP contribution in [-0.4, -0.2) is 9.13 Å². The van der Waals surface area contributed by atoms with E-state index in [4.69, 9.17) is 0 Å². The molecule has 0 bridgehead atoms. The molecule has 0 unspecified atom stereocenters. The average Bonchev–Trinajstić information content (AvgIpc) is 3.67. The lowest BCUT2D eigenvalue weighted by Crippen LogP contribution is -2.08. The molecule has 49 heavy (non-hydrogen) atoms. The number of para-hydroxylation sites is 4. The number of fused-ring (bicyclic) bond motifs is 6. The van der Waals surface area contributed by atoms with Gasteiger partial charge in [0.25, 0.3) is 0 Å². The van der Waals surface area contributed by atoms with E-state index in [2.05, 4.69) is 119 Å². The summed E-state index contributed by atoms with van der Waals surface area (Å²) in [5.74, 6) is 0. The molecule has 2 heterocycles. The quantitative estimate of drug-likeness (QED) is 0.196. The van der Waals surface area contributed by atoms with Gasteiger partial charge < -0.3 is 9.13 Å². The number of nitrogens with zero attached hydrogens (tertiary/aromatic N) is 4. The summed E-state index contributed by atoms with van der Waals surface area (Å²) in [4.78, 5) is 0. The van der Waals surface area contributed by atoms with E-state index in [-0.39, 0.29) is 0 Å². The Morgan fingerprint density at radius 1 is 0.449 bits per heavy atom. The number of hydrogen-bond acceptors (Lipinski definition) is 2. The fourth-order valence-corrected chi connectivity index (χ4v) is 7.49. The fourth-order valence-electron chi connectivity index (χ4n) is 7.49. The summed E-state index contributed by atoms with van der Waals surface area (Å²) in [6.45, 7) is 2.08. The summed E-state index contributed by atoms with van der Waals surface area (Å²) in [5.41, 5.74) is 11.2. The molecule has 0 spiro atoms. The number of nitriles is 2. The van der Waals surface area contributed by atoms with E-state index in [1.54, 1.807) is 0 Å². The maximum absolute atomic E-state index is 11.3. The topological polar surface area (TPSA) is 57.4 Å². The Balaban J connectivity index is 1.47. The molecule has 0 fully saturated rings. The van der Waals surface area contributed by atoms with Gasteiger partial charge in [0.2, 0.25) is 0 Å². The minimum Gasteiger partial charge on any atom is -0.308 e. The van der Waals surface area contributed by atoms with Crippen LogP contribution in [-0.2, 0) is 0 Å². The van der Waals surface area contributed by atoms with E-state index >= 15 is 0 Å². The van der Waals surface area contributed by atoms with Crippen LogP contribution in [0.3, 0.4) is 0 Å². The lowest BCUT2D eigenvalue weighted by molar-refractivity contribution is 1.13. The first kappa shape index (κ1) is 28.4. The fraction of sp³-hybridized carbons (Fsp3) is 0.0222. The van der Waals surface area contributed by atoms with Crippen molar-refractivity contribution in [3.8, 4) is 45.8 Å². The average molecular weight is 625 g/mol. The van der Waals surface area contributed by atoms with Gasteiger partial charge in [-0.05, 0) is 60.0 Å². The second-order valence-electron chi connectivity index (χ2n) is 12.5. The Morgan fingerprint density at radius 3 is 1.45 bits per heavy atom. The van der Waals surface area contributed by atoms with Gasteiger partial charge in [-0.2, -0.15) is 10.5 Å². The minimum atomic E-state index is 0.484. The van der Waals surface area contributed by atoms with Gasteiger partial charge in [-0.25, -0.2) is 0 Å². The van der Waals surface area contributed by atoms with Gasteiger partial charge in [-0.3, -0.25) is 0 Å². The zero-order chi connectivity index (χ0) is 33.1. The van der Waals surface area contributed by atoms with Crippen LogP contribution in [0, 0.1) is 29.6 Å². The van der Waals surface area contributed by atoms with Crippen LogP contribution >= 0.6 is 0 Å². The highest BCUT2D eigenvalue weighted by Gasteiger charge is 2.26. The van der Waals surface area contributed by atoms with Gasteiger partial charge in [0, 0.05) is 27.1 Å². The molecule has 0 N–H and O–H groups in total. The van der Waals surface area contributed by atoms with Gasteiger partial charge in [-0.1, -0.05) is 121 Å².